The molecule has 2 heterocycles. The van der Waals surface area contributed by atoms with Crippen LogP contribution in [0.4, 0.5) is 0 Å². The SMILES string of the molecule is Cn1c(=O)c2cc(C(=O)NCCCc3ccccc3)sc2n(C)c1=O. The number of amides is 1. The first-order valence-electron chi connectivity index (χ1n) is 8.00. The Morgan fingerprint density at radius 1 is 1.12 bits per heavy atom. The van der Waals surface area contributed by atoms with Gasteiger partial charge in [0.05, 0.1) is 10.3 Å². The summed E-state index contributed by atoms with van der Waals surface area (Å²) in [5, 5.41) is 3.27. The molecular formula is C18H19N3O3S. The number of nitrogens with zero attached hydrogens (tertiary/aromatic N) is 2. The number of hydrogen-bond acceptors (Lipinski definition) is 4. The molecule has 0 unspecified atom stereocenters. The fourth-order valence-electron chi connectivity index (χ4n) is 2.70. The highest BCUT2D eigenvalue weighted by molar-refractivity contribution is 7.20. The smallest absolute Gasteiger partial charge is 0.331 e. The first-order chi connectivity index (χ1) is 12.0. The molecule has 0 spiro atoms. The molecule has 3 aromatic rings. The molecule has 7 heteroatoms. The third-order valence-corrected chi connectivity index (χ3v) is 5.33. The van der Waals surface area contributed by atoms with E-state index in [1.807, 2.05) is 18.2 Å². The molecule has 0 saturated heterocycles. The number of aryl methyl sites for hydroxylation is 2. The lowest BCUT2D eigenvalue weighted by atomic mass is 10.1. The molecule has 0 aliphatic rings. The fraction of sp³-hybridized carbons (Fsp3) is 0.278. The van der Waals surface area contributed by atoms with Gasteiger partial charge >= 0.3 is 5.69 Å². The van der Waals surface area contributed by atoms with E-state index in [0.29, 0.717) is 21.6 Å². The molecule has 0 saturated carbocycles. The van der Waals surface area contributed by atoms with Gasteiger partial charge in [-0.05, 0) is 24.5 Å². The summed E-state index contributed by atoms with van der Waals surface area (Å²) in [6.07, 6.45) is 1.73. The van der Waals surface area contributed by atoms with Crippen LogP contribution in [-0.2, 0) is 20.5 Å². The molecule has 130 valence electrons. The molecule has 2 aromatic heterocycles. The van der Waals surface area contributed by atoms with E-state index < -0.39 is 5.69 Å². The van der Waals surface area contributed by atoms with Crippen molar-refractivity contribution in [1.82, 2.24) is 14.5 Å². The number of thiophene rings is 1. The number of benzene rings is 1. The number of rotatable bonds is 5. The Kier molecular flexibility index (Phi) is 4.85. The summed E-state index contributed by atoms with van der Waals surface area (Å²) in [6.45, 7) is 0.554. The van der Waals surface area contributed by atoms with Crippen molar-refractivity contribution in [3.8, 4) is 0 Å². The predicted octanol–water partition coefficient (Wildman–Crippen LogP) is 1.66. The number of nitrogens with one attached hydrogen (secondary N) is 1. The highest BCUT2D eigenvalue weighted by Gasteiger charge is 2.16. The van der Waals surface area contributed by atoms with E-state index in [-0.39, 0.29) is 11.5 Å². The molecule has 1 aromatic carbocycles. The summed E-state index contributed by atoms with van der Waals surface area (Å²) < 4.78 is 2.45. The molecule has 3 rings (SSSR count). The number of fused-ring (bicyclic) bond motifs is 1. The van der Waals surface area contributed by atoms with Crippen molar-refractivity contribution in [2.24, 2.45) is 14.1 Å². The molecule has 1 amide bonds. The van der Waals surface area contributed by atoms with Crippen LogP contribution in [0, 0.1) is 0 Å². The van der Waals surface area contributed by atoms with Gasteiger partial charge in [-0.3, -0.25) is 18.7 Å². The van der Waals surface area contributed by atoms with Gasteiger partial charge in [0.2, 0.25) is 0 Å². The average Bonchev–Trinajstić information content (AvgIpc) is 3.08. The van der Waals surface area contributed by atoms with Crippen molar-refractivity contribution in [1.29, 1.82) is 0 Å². The molecule has 0 atom stereocenters. The maximum Gasteiger partial charge on any atom is 0.331 e. The van der Waals surface area contributed by atoms with E-state index in [1.54, 1.807) is 13.1 Å². The van der Waals surface area contributed by atoms with Crippen LogP contribution in [0.1, 0.15) is 21.7 Å². The molecule has 0 bridgehead atoms. The second-order valence-electron chi connectivity index (χ2n) is 5.88. The quantitative estimate of drug-likeness (QED) is 0.706. The van der Waals surface area contributed by atoms with Crippen molar-refractivity contribution < 1.29 is 4.79 Å². The summed E-state index contributed by atoms with van der Waals surface area (Å²) in [4.78, 5) is 37.4. The number of carbonyl (C=O) groups excluding carboxylic acids is 1. The summed E-state index contributed by atoms with van der Waals surface area (Å²) in [5.41, 5.74) is 0.462. The lowest BCUT2D eigenvalue weighted by Gasteiger charge is -2.03. The van der Waals surface area contributed by atoms with Crippen LogP contribution < -0.4 is 16.6 Å². The van der Waals surface area contributed by atoms with Gasteiger partial charge in [0.25, 0.3) is 11.5 Å². The number of hydrogen-bond donors (Lipinski definition) is 1. The second kappa shape index (κ2) is 7.06. The van der Waals surface area contributed by atoms with Gasteiger partial charge in [0.15, 0.2) is 0 Å². The minimum absolute atomic E-state index is 0.219. The van der Waals surface area contributed by atoms with Crippen LogP contribution in [0.15, 0.2) is 46.0 Å². The van der Waals surface area contributed by atoms with Gasteiger partial charge < -0.3 is 5.32 Å². The van der Waals surface area contributed by atoms with Gasteiger partial charge in [-0.25, -0.2) is 4.79 Å². The maximum atomic E-state index is 12.3. The molecular weight excluding hydrogens is 338 g/mol. The van der Waals surface area contributed by atoms with E-state index in [2.05, 4.69) is 17.4 Å². The maximum absolute atomic E-state index is 12.3. The largest absolute Gasteiger partial charge is 0.351 e. The van der Waals surface area contributed by atoms with Crippen molar-refractivity contribution in [2.75, 3.05) is 6.54 Å². The van der Waals surface area contributed by atoms with Crippen molar-refractivity contribution >= 4 is 27.5 Å². The molecule has 6 nitrogen and oxygen atoms in total. The number of carbonyl (C=O) groups is 1. The lowest BCUT2D eigenvalue weighted by Crippen LogP contribution is -2.36. The summed E-state index contributed by atoms with van der Waals surface area (Å²) in [7, 11) is 3.03. The monoisotopic (exact) mass is 357 g/mol. The lowest BCUT2D eigenvalue weighted by molar-refractivity contribution is 0.0957. The summed E-state index contributed by atoms with van der Waals surface area (Å²) in [6, 6.07) is 11.7. The van der Waals surface area contributed by atoms with Crippen molar-refractivity contribution in [2.45, 2.75) is 12.8 Å². The fourth-order valence-corrected chi connectivity index (χ4v) is 3.72. The van der Waals surface area contributed by atoms with E-state index in [0.717, 1.165) is 28.7 Å². The Labute approximate surface area is 148 Å². The molecule has 25 heavy (non-hydrogen) atoms. The highest BCUT2D eigenvalue weighted by Crippen LogP contribution is 2.21. The third kappa shape index (κ3) is 3.41. The van der Waals surface area contributed by atoms with Gasteiger partial charge in [0, 0.05) is 20.6 Å². The summed E-state index contributed by atoms with van der Waals surface area (Å²) in [5.74, 6) is -0.219. The Balaban J connectivity index is 1.70. The molecule has 1 N–H and O–H groups in total. The highest BCUT2D eigenvalue weighted by atomic mass is 32.1. The Morgan fingerprint density at radius 3 is 2.56 bits per heavy atom. The molecule has 0 fully saturated rings. The minimum Gasteiger partial charge on any atom is -0.351 e. The minimum atomic E-state index is -0.394. The Hall–Kier alpha value is -2.67. The average molecular weight is 357 g/mol. The van der Waals surface area contributed by atoms with Gasteiger partial charge in [-0.15, -0.1) is 11.3 Å². The Morgan fingerprint density at radius 2 is 1.84 bits per heavy atom. The standard InChI is InChI=1S/C18H19N3O3S/c1-20-16(23)13-11-14(25-17(13)21(2)18(20)24)15(22)19-10-6-9-12-7-4-3-5-8-12/h3-5,7-8,11H,6,9-10H2,1-2H3,(H,19,22). The van der Waals surface area contributed by atoms with E-state index >= 15 is 0 Å². The molecule has 0 radical (unpaired) electrons. The van der Waals surface area contributed by atoms with Crippen LogP contribution in [0.2, 0.25) is 0 Å². The van der Waals surface area contributed by atoms with Gasteiger partial charge in [-0.2, -0.15) is 0 Å². The van der Waals surface area contributed by atoms with Crippen LogP contribution in [0.25, 0.3) is 10.2 Å². The van der Waals surface area contributed by atoms with Crippen molar-refractivity contribution in [3.63, 3.8) is 0 Å². The summed E-state index contributed by atoms with van der Waals surface area (Å²) >= 11 is 1.16. The number of aromatic nitrogens is 2. The molecule has 0 aliphatic heterocycles. The molecule has 0 aliphatic carbocycles. The Bertz CT molecular complexity index is 1030. The van der Waals surface area contributed by atoms with E-state index in [4.69, 9.17) is 0 Å². The zero-order valence-electron chi connectivity index (χ0n) is 14.1. The topological polar surface area (TPSA) is 73.1 Å². The first-order valence-corrected chi connectivity index (χ1v) is 8.82. The second-order valence-corrected chi connectivity index (χ2v) is 6.91. The first kappa shape index (κ1) is 17.2. The van der Waals surface area contributed by atoms with Gasteiger partial charge in [0.1, 0.15) is 4.83 Å². The van der Waals surface area contributed by atoms with E-state index in [9.17, 15) is 14.4 Å². The van der Waals surface area contributed by atoms with Gasteiger partial charge in [-0.1, -0.05) is 30.3 Å². The van der Waals surface area contributed by atoms with Crippen LogP contribution in [0.5, 0.6) is 0 Å². The van der Waals surface area contributed by atoms with Crippen LogP contribution in [0.3, 0.4) is 0 Å². The zero-order chi connectivity index (χ0) is 18.0. The predicted molar refractivity (Wildman–Crippen MR) is 99.4 cm³/mol. The normalized spacial score (nSPS) is 11.0. The van der Waals surface area contributed by atoms with Crippen LogP contribution >= 0.6 is 11.3 Å². The van der Waals surface area contributed by atoms with E-state index in [1.165, 1.54) is 17.2 Å². The third-order valence-electron chi connectivity index (χ3n) is 4.12. The van der Waals surface area contributed by atoms with Crippen molar-refractivity contribution in [3.05, 3.63) is 67.7 Å². The zero-order valence-corrected chi connectivity index (χ0v) is 14.9. The van der Waals surface area contributed by atoms with Crippen LogP contribution in [-0.4, -0.2) is 21.6 Å².